The SMILES string of the molecule is CN(CC(F)(F)F)C(=O)c1cc(C#CCN)ccc1F. The molecule has 0 bridgehead atoms. The Kier molecular flexibility index (Phi) is 5.11. The van der Waals surface area contributed by atoms with Crippen molar-refractivity contribution in [3.63, 3.8) is 0 Å². The zero-order valence-corrected chi connectivity index (χ0v) is 10.6. The molecule has 0 saturated carbocycles. The van der Waals surface area contributed by atoms with Crippen LogP contribution in [-0.2, 0) is 0 Å². The van der Waals surface area contributed by atoms with Crippen molar-refractivity contribution in [3.8, 4) is 11.8 Å². The van der Waals surface area contributed by atoms with Crippen molar-refractivity contribution in [1.29, 1.82) is 0 Å². The summed E-state index contributed by atoms with van der Waals surface area (Å²) in [5.74, 6) is 3.13. The minimum absolute atomic E-state index is 0.0780. The average molecular weight is 288 g/mol. The zero-order valence-electron chi connectivity index (χ0n) is 10.6. The third-order valence-corrected chi connectivity index (χ3v) is 2.29. The topological polar surface area (TPSA) is 46.3 Å². The van der Waals surface area contributed by atoms with Crippen molar-refractivity contribution >= 4 is 5.91 Å². The van der Waals surface area contributed by atoms with Crippen LogP contribution in [0.25, 0.3) is 0 Å². The Labute approximate surface area is 113 Å². The summed E-state index contributed by atoms with van der Waals surface area (Å²) in [6.45, 7) is -1.38. The van der Waals surface area contributed by atoms with Crippen LogP contribution in [0.5, 0.6) is 0 Å². The third kappa shape index (κ3) is 4.55. The van der Waals surface area contributed by atoms with Gasteiger partial charge < -0.3 is 10.6 Å². The second-order valence-electron chi connectivity index (χ2n) is 3.98. The van der Waals surface area contributed by atoms with Gasteiger partial charge >= 0.3 is 6.18 Å². The molecule has 0 spiro atoms. The number of hydrogen-bond acceptors (Lipinski definition) is 2. The lowest BCUT2D eigenvalue weighted by molar-refractivity contribution is -0.138. The van der Waals surface area contributed by atoms with E-state index in [1.54, 1.807) is 0 Å². The largest absolute Gasteiger partial charge is 0.406 e. The molecule has 0 aromatic heterocycles. The molecule has 20 heavy (non-hydrogen) atoms. The van der Waals surface area contributed by atoms with E-state index in [2.05, 4.69) is 11.8 Å². The van der Waals surface area contributed by atoms with Crippen molar-refractivity contribution in [2.75, 3.05) is 20.1 Å². The molecular formula is C13H12F4N2O. The van der Waals surface area contributed by atoms with Gasteiger partial charge in [0.1, 0.15) is 12.4 Å². The van der Waals surface area contributed by atoms with Gasteiger partial charge in [0.15, 0.2) is 0 Å². The molecule has 0 heterocycles. The Balaban J connectivity index is 3.03. The lowest BCUT2D eigenvalue weighted by atomic mass is 10.1. The molecule has 0 unspecified atom stereocenters. The minimum atomic E-state index is -4.54. The Bertz CT molecular complexity index is 558. The molecule has 1 aromatic carbocycles. The molecule has 0 fully saturated rings. The lowest BCUT2D eigenvalue weighted by Crippen LogP contribution is -2.36. The Morgan fingerprint density at radius 2 is 2.05 bits per heavy atom. The number of amides is 1. The second-order valence-corrected chi connectivity index (χ2v) is 3.98. The summed E-state index contributed by atoms with van der Waals surface area (Å²) in [7, 11) is 0.952. The van der Waals surface area contributed by atoms with Crippen molar-refractivity contribution in [3.05, 3.63) is 35.1 Å². The maximum atomic E-state index is 13.5. The van der Waals surface area contributed by atoms with Gasteiger partial charge in [-0.25, -0.2) is 4.39 Å². The van der Waals surface area contributed by atoms with E-state index in [9.17, 15) is 22.4 Å². The molecule has 1 amide bonds. The number of hydrogen-bond donors (Lipinski definition) is 1. The van der Waals surface area contributed by atoms with E-state index in [0.29, 0.717) is 10.5 Å². The van der Waals surface area contributed by atoms with Gasteiger partial charge in [0, 0.05) is 12.6 Å². The number of nitrogens with zero attached hydrogens (tertiary/aromatic N) is 1. The highest BCUT2D eigenvalue weighted by atomic mass is 19.4. The predicted molar refractivity (Wildman–Crippen MR) is 65.3 cm³/mol. The van der Waals surface area contributed by atoms with E-state index in [1.165, 1.54) is 6.07 Å². The third-order valence-electron chi connectivity index (χ3n) is 2.29. The second kappa shape index (κ2) is 6.39. The zero-order chi connectivity index (χ0) is 15.3. The number of alkyl halides is 3. The van der Waals surface area contributed by atoms with Gasteiger partial charge in [-0.15, -0.1) is 0 Å². The monoisotopic (exact) mass is 288 g/mol. The molecule has 0 aliphatic heterocycles. The molecule has 3 nitrogen and oxygen atoms in total. The van der Waals surface area contributed by atoms with Crippen LogP contribution in [0.3, 0.4) is 0 Å². The summed E-state index contributed by atoms with van der Waals surface area (Å²) < 4.78 is 50.1. The minimum Gasteiger partial charge on any atom is -0.333 e. The number of rotatable bonds is 2. The van der Waals surface area contributed by atoms with Crippen LogP contribution in [0.2, 0.25) is 0 Å². The molecule has 2 N–H and O–H groups in total. The summed E-state index contributed by atoms with van der Waals surface area (Å²) in [4.78, 5) is 12.2. The van der Waals surface area contributed by atoms with Crippen LogP contribution < -0.4 is 5.73 Å². The van der Waals surface area contributed by atoms with E-state index in [1.807, 2.05) is 0 Å². The Morgan fingerprint density at radius 3 is 2.60 bits per heavy atom. The molecule has 0 atom stereocenters. The summed E-state index contributed by atoms with van der Waals surface area (Å²) in [5.41, 5.74) is 5.02. The van der Waals surface area contributed by atoms with Crippen LogP contribution in [0, 0.1) is 17.7 Å². The highest BCUT2D eigenvalue weighted by molar-refractivity contribution is 5.94. The molecule has 0 saturated heterocycles. The van der Waals surface area contributed by atoms with Crippen LogP contribution in [0.4, 0.5) is 17.6 Å². The quantitative estimate of drug-likeness (QED) is 0.666. The average Bonchev–Trinajstić information content (AvgIpc) is 2.35. The Hall–Kier alpha value is -2.07. The summed E-state index contributed by atoms with van der Waals surface area (Å²) in [6, 6.07) is 3.40. The molecular weight excluding hydrogens is 276 g/mol. The van der Waals surface area contributed by atoms with E-state index in [0.717, 1.165) is 19.2 Å². The van der Waals surface area contributed by atoms with Crippen molar-refractivity contribution in [2.45, 2.75) is 6.18 Å². The van der Waals surface area contributed by atoms with Gasteiger partial charge in [0.05, 0.1) is 12.1 Å². The number of nitrogens with two attached hydrogens (primary N) is 1. The van der Waals surface area contributed by atoms with Crippen molar-refractivity contribution < 1.29 is 22.4 Å². The molecule has 0 radical (unpaired) electrons. The Morgan fingerprint density at radius 1 is 1.40 bits per heavy atom. The van der Waals surface area contributed by atoms with Gasteiger partial charge in [-0.3, -0.25) is 4.79 Å². The first-order valence-electron chi connectivity index (χ1n) is 5.55. The summed E-state index contributed by atoms with van der Waals surface area (Å²) in [5, 5.41) is 0. The number of halogens is 4. The maximum absolute atomic E-state index is 13.5. The van der Waals surface area contributed by atoms with Crippen LogP contribution in [0.1, 0.15) is 15.9 Å². The van der Waals surface area contributed by atoms with Gasteiger partial charge in [0.25, 0.3) is 5.91 Å². The maximum Gasteiger partial charge on any atom is 0.406 e. The highest BCUT2D eigenvalue weighted by Crippen LogP contribution is 2.18. The summed E-state index contributed by atoms with van der Waals surface area (Å²) in [6.07, 6.45) is -4.54. The molecule has 7 heteroatoms. The fourth-order valence-electron chi connectivity index (χ4n) is 1.47. The fourth-order valence-corrected chi connectivity index (χ4v) is 1.47. The van der Waals surface area contributed by atoms with E-state index in [4.69, 9.17) is 5.73 Å². The first-order chi connectivity index (χ1) is 9.24. The van der Waals surface area contributed by atoms with Crippen LogP contribution in [0.15, 0.2) is 18.2 Å². The predicted octanol–water partition coefficient (Wildman–Crippen LogP) is 1.77. The highest BCUT2D eigenvalue weighted by Gasteiger charge is 2.32. The standard InChI is InChI=1S/C13H12F4N2O/c1-19(8-13(15,16)17)12(20)10-7-9(3-2-6-18)4-5-11(10)14/h4-5,7H,6,8,18H2,1H3. The summed E-state index contributed by atoms with van der Waals surface area (Å²) >= 11 is 0. The fraction of sp³-hybridized carbons (Fsp3) is 0.308. The van der Waals surface area contributed by atoms with Gasteiger partial charge in [0.2, 0.25) is 0 Å². The van der Waals surface area contributed by atoms with Gasteiger partial charge in [-0.05, 0) is 18.2 Å². The lowest BCUT2D eigenvalue weighted by Gasteiger charge is -2.19. The molecule has 108 valence electrons. The number of carbonyl (C=O) groups excluding carboxylic acids is 1. The van der Waals surface area contributed by atoms with Gasteiger partial charge in [-0.1, -0.05) is 11.8 Å². The molecule has 1 aromatic rings. The van der Waals surface area contributed by atoms with Crippen LogP contribution in [-0.4, -0.2) is 37.1 Å². The normalized spacial score (nSPS) is 10.7. The first-order valence-corrected chi connectivity index (χ1v) is 5.55. The molecule has 0 aliphatic rings. The van der Waals surface area contributed by atoms with Gasteiger partial charge in [-0.2, -0.15) is 13.2 Å². The number of carbonyl (C=O) groups is 1. The molecule has 1 rings (SSSR count). The van der Waals surface area contributed by atoms with E-state index >= 15 is 0 Å². The first kappa shape index (κ1) is 16.0. The number of benzene rings is 1. The van der Waals surface area contributed by atoms with Crippen molar-refractivity contribution in [2.24, 2.45) is 5.73 Å². The molecule has 0 aliphatic carbocycles. The van der Waals surface area contributed by atoms with Crippen molar-refractivity contribution in [1.82, 2.24) is 4.90 Å². The van der Waals surface area contributed by atoms with E-state index in [-0.39, 0.29) is 6.54 Å². The smallest absolute Gasteiger partial charge is 0.333 e. The van der Waals surface area contributed by atoms with Crippen LogP contribution >= 0.6 is 0 Å². The van der Waals surface area contributed by atoms with E-state index < -0.39 is 30.0 Å².